The minimum Gasteiger partial charge on any atom is -0.489 e. The number of aryl methyl sites for hydroxylation is 1. The third kappa shape index (κ3) is 6.35. The number of nitrogens with one attached hydrogen (secondary N) is 2. The summed E-state index contributed by atoms with van der Waals surface area (Å²) in [6.07, 6.45) is 2.18. The quantitative estimate of drug-likeness (QED) is 0.150. The number of carbonyl (C=O) groups is 1. The van der Waals surface area contributed by atoms with Crippen LogP contribution in [0.4, 0.5) is 11.6 Å². The molecule has 7 nitrogen and oxygen atoms in total. The number of fused-ring (bicyclic) bond motifs is 1. The maximum absolute atomic E-state index is 13.8. The van der Waals surface area contributed by atoms with E-state index in [1.807, 2.05) is 86.6 Å². The predicted octanol–water partition coefficient (Wildman–Crippen LogP) is 7.64. The minimum absolute atomic E-state index is 0.204. The van der Waals surface area contributed by atoms with Gasteiger partial charge >= 0.3 is 0 Å². The Bertz CT molecular complexity index is 1550. The molecule has 0 bridgehead atoms. The predicted molar refractivity (Wildman–Crippen MR) is 162 cm³/mol. The molecule has 1 aliphatic heterocycles. The Hall–Kier alpha value is -3.75. The van der Waals surface area contributed by atoms with Gasteiger partial charge < -0.3 is 15.4 Å². The number of amides is 1. The van der Waals surface area contributed by atoms with Gasteiger partial charge in [0, 0.05) is 27.7 Å². The summed E-state index contributed by atoms with van der Waals surface area (Å²) in [4.78, 5) is 18.6. The molecule has 2 N–H and O–H groups in total. The van der Waals surface area contributed by atoms with Crippen molar-refractivity contribution in [1.82, 2.24) is 14.8 Å². The van der Waals surface area contributed by atoms with Crippen molar-refractivity contribution in [2.45, 2.75) is 51.4 Å². The van der Waals surface area contributed by atoms with Crippen LogP contribution in [0.15, 0.2) is 89.2 Å². The van der Waals surface area contributed by atoms with Crippen molar-refractivity contribution in [2.24, 2.45) is 0 Å². The fourth-order valence-corrected chi connectivity index (χ4v) is 5.68. The summed E-state index contributed by atoms with van der Waals surface area (Å²) >= 11 is 7.96. The zero-order valence-corrected chi connectivity index (χ0v) is 24.4. The molecule has 5 rings (SSSR count). The molecule has 0 radical (unpaired) electrons. The van der Waals surface area contributed by atoms with Crippen LogP contribution in [0.2, 0.25) is 5.02 Å². The van der Waals surface area contributed by atoms with Crippen LogP contribution in [0.5, 0.6) is 5.75 Å². The molecule has 1 aromatic heterocycles. The van der Waals surface area contributed by atoms with Crippen LogP contribution in [0.1, 0.15) is 49.4 Å². The third-order valence-electron chi connectivity index (χ3n) is 6.61. The molecule has 1 atom stereocenters. The summed E-state index contributed by atoms with van der Waals surface area (Å²) in [6.45, 7) is 6.39. The highest BCUT2D eigenvalue weighted by Gasteiger charge is 2.34. The molecule has 206 valence electrons. The molecule has 0 spiro atoms. The van der Waals surface area contributed by atoms with Crippen molar-refractivity contribution >= 4 is 40.9 Å². The van der Waals surface area contributed by atoms with Crippen molar-refractivity contribution in [2.75, 3.05) is 16.4 Å². The molecule has 40 heavy (non-hydrogen) atoms. The molecule has 0 fully saturated rings. The van der Waals surface area contributed by atoms with E-state index < -0.39 is 6.04 Å². The number of hydrogen-bond donors (Lipinski definition) is 2. The lowest BCUT2D eigenvalue weighted by atomic mass is 9.94. The normalized spacial score (nSPS) is 14.4. The first-order chi connectivity index (χ1) is 19.4. The van der Waals surface area contributed by atoms with Gasteiger partial charge in [-0.15, -0.1) is 5.10 Å². The molecular weight excluding hydrogens is 542 g/mol. The highest BCUT2D eigenvalue weighted by atomic mass is 35.5. The number of aromatic nitrogens is 3. The first-order valence-electron chi connectivity index (χ1n) is 13.3. The molecule has 0 saturated carbocycles. The lowest BCUT2D eigenvalue weighted by Crippen LogP contribution is -2.31. The molecule has 0 aliphatic carbocycles. The number of unbranched alkanes of at least 4 members (excludes halogenated alkanes) is 1. The van der Waals surface area contributed by atoms with E-state index >= 15 is 0 Å². The lowest BCUT2D eigenvalue weighted by molar-refractivity contribution is -0.113. The van der Waals surface area contributed by atoms with Crippen LogP contribution in [-0.4, -0.2) is 26.4 Å². The molecule has 4 aromatic rings. The van der Waals surface area contributed by atoms with E-state index in [0.29, 0.717) is 34.1 Å². The van der Waals surface area contributed by atoms with Gasteiger partial charge in [0.25, 0.3) is 5.91 Å². The van der Waals surface area contributed by atoms with Crippen molar-refractivity contribution in [3.05, 3.63) is 106 Å². The third-order valence-corrected chi connectivity index (χ3v) is 7.90. The van der Waals surface area contributed by atoms with Crippen LogP contribution in [0, 0.1) is 6.92 Å². The van der Waals surface area contributed by atoms with Crippen LogP contribution in [-0.2, 0) is 11.4 Å². The van der Waals surface area contributed by atoms with Gasteiger partial charge in [-0.2, -0.15) is 4.98 Å². The zero-order chi connectivity index (χ0) is 28.1. The molecule has 1 unspecified atom stereocenters. The lowest BCUT2D eigenvalue weighted by Gasteiger charge is -2.29. The van der Waals surface area contributed by atoms with Gasteiger partial charge in [0.15, 0.2) is 0 Å². The highest BCUT2D eigenvalue weighted by Crippen LogP contribution is 2.38. The Morgan fingerprint density at radius 3 is 2.73 bits per heavy atom. The second kappa shape index (κ2) is 12.6. The summed E-state index contributed by atoms with van der Waals surface area (Å²) in [5, 5.41) is 12.6. The van der Waals surface area contributed by atoms with Gasteiger partial charge in [-0.25, -0.2) is 4.68 Å². The zero-order valence-electron chi connectivity index (χ0n) is 22.8. The monoisotopic (exact) mass is 573 g/mol. The first kappa shape index (κ1) is 27.8. The van der Waals surface area contributed by atoms with Crippen LogP contribution in [0.25, 0.3) is 0 Å². The number of anilines is 2. The summed E-state index contributed by atoms with van der Waals surface area (Å²) in [6, 6.07) is 22.7. The van der Waals surface area contributed by atoms with Crippen molar-refractivity contribution in [3.63, 3.8) is 0 Å². The van der Waals surface area contributed by atoms with Gasteiger partial charge in [-0.05, 0) is 61.7 Å². The van der Waals surface area contributed by atoms with E-state index in [2.05, 4.69) is 17.6 Å². The molecule has 1 aliphatic rings. The molecule has 0 saturated heterocycles. The van der Waals surface area contributed by atoms with E-state index in [0.717, 1.165) is 46.7 Å². The Labute approximate surface area is 244 Å². The van der Waals surface area contributed by atoms with Gasteiger partial charge in [-0.1, -0.05) is 79.2 Å². The summed E-state index contributed by atoms with van der Waals surface area (Å²) in [7, 11) is 0. The van der Waals surface area contributed by atoms with E-state index in [1.165, 1.54) is 0 Å². The molecular formula is C31H32ClN5O2S. The number of thioether (sulfide) groups is 1. The topological polar surface area (TPSA) is 81.1 Å². The number of carbonyl (C=O) groups excluding carboxylic acids is 1. The van der Waals surface area contributed by atoms with Crippen molar-refractivity contribution < 1.29 is 9.53 Å². The molecule has 2 heterocycles. The van der Waals surface area contributed by atoms with Crippen LogP contribution < -0.4 is 15.4 Å². The van der Waals surface area contributed by atoms with Crippen LogP contribution in [0.3, 0.4) is 0 Å². The van der Waals surface area contributed by atoms with Gasteiger partial charge in [0.05, 0.1) is 5.57 Å². The Kier molecular flexibility index (Phi) is 8.77. The average molecular weight is 574 g/mol. The van der Waals surface area contributed by atoms with E-state index in [9.17, 15) is 4.79 Å². The van der Waals surface area contributed by atoms with E-state index in [1.54, 1.807) is 16.4 Å². The number of rotatable bonds is 10. The van der Waals surface area contributed by atoms with Gasteiger partial charge in [0.2, 0.25) is 11.1 Å². The highest BCUT2D eigenvalue weighted by molar-refractivity contribution is 7.99. The largest absolute Gasteiger partial charge is 0.489 e. The number of hydrogen-bond acceptors (Lipinski definition) is 6. The number of ether oxygens (including phenoxy) is 1. The summed E-state index contributed by atoms with van der Waals surface area (Å²) in [5.41, 5.74) is 4.86. The van der Waals surface area contributed by atoms with E-state index in [-0.39, 0.29) is 5.91 Å². The molecule has 3 aromatic carbocycles. The fraction of sp³-hybridized carbons (Fsp3) is 0.258. The van der Waals surface area contributed by atoms with E-state index in [4.69, 9.17) is 26.4 Å². The van der Waals surface area contributed by atoms with Crippen molar-refractivity contribution in [1.29, 1.82) is 0 Å². The van der Waals surface area contributed by atoms with Crippen LogP contribution >= 0.6 is 23.4 Å². The standard InChI is InChI=1S/C31H32ClN5O2S/c1-4-5-16-40-31-35-30-33-21(3)27(29(38)34-24-13-8-10-20(2)17-24)28(37(30)36-31)22-12-9-14-25(18-22)39-19-23-11-6-7-15-26(23)32/h6-15,17-18,28H,4-5,16,19H2,1-3H3,(H,34,38)(H,33,35,36). The number of nitrogens with zero attached hydrogens (tertiary/aromatic N) is 3. The summed E-state index contributed by atoms with van der Waals surface area (Å²) in [5.74, 6) is 2.01. The Balaban J connectivity index is 1.49. The first-order valence-corrected chi connectivity index (χ1v) is 14.7. The fourth-order valence-electron chi connectivity index (χ4n) is 4.57. The summed E-state index contributed by atoms with van der Waals surface area (Å²) < 4.78 is 7.93. The smallest absolute Gasteiger partial charge is 0.255 e. The van der Waals surface area contributed by atoms with Gasteiger partial charge in [0.1, 0.15) is 18.4 Å². The van der Waals surface area contributed by atoms with Crippen molar-refractivity contribution in [3.8, 4) is 5.75 Å². The van der Waals surface area contributed by atoms with Gasteiger partial charge in [-0.3, -0.25) is 4.79 Å². The Morgan fingerprint density at radius 2 is 1.93 bits per heavy atom. The maximum atomic E-state index is 13.8. The second-order valence-electron chi connectivity index (χ2n) is 9.71. The maximum Gasteiger partial charge on any atom is 0.255 e. The molecule has 9 heteroatoms. The Morgan fingerprint density at radius 1 is 1.10 bits per heavy atom. The average Bonchev–Trinajstić information content (AvgIpc) is 3.34. The number of benzene rings is 3. The molecule has 1 amide bonds. The number of allylic oxidation sites excluding steroid dienone is 1. The number of halogens is 1. The SMILES string of the molecule is CCCCSc1nc2n(n1)C(c1cccc(OCc3ccccc3Cl)c1)C(C(=O)Nc1cccc(C)c1)=C(C)N2. The minimum atomic E-state index is -0.502. The second-order valence-corrected chi connectivity index (χ2v) is 11.2.